The van der Waals surface area contributed by atoms with Crippen molar-refractivity contribution in [3.05, 3.63) is 23.8 Å². The molecule has 0 saturated carbocycles. The zero-order valence-electron chi connectivity index (χ0n) is 10.7. The summed E-state index contributed by atoms with van der Waals surface area (Å²) in [4.78, 5) is 12.6. The molecule has 0 radical (unpaired) electrons. The van der Waals surface area contributed by atoms with E-state index in [4.69, 9.17) is 10.8 Å². The fourth-order valence-corrected chi connectivity index (χ4v) is 2.40. The highest BCUT2D eigenvalue weighted by molar-refractivity contribution is 5.90. The van der Waals surface area contributed by atoms with Crippen molar-refractivity contribution < 1.29 is 23.1 Å². The number of aromatic carboxylic acids is 1. The molecule has 1 aliphatic rings. The first-order valence-corrected chi connectivity index (χ1v) is 6.23. The molecule has 0 aliphatic carbocycles. The number of benzene rings is 1. The standard InChI is InChI=1S/C13H15F3N2O2/c14-13(15,16)9-3-5-18(6-4-9)11-7-8(12(19)20)1-2-10(11)17/h1-2,7,9H,3-6,17H2,(H,19,20). The highest BCUT2D eigenvalue weighted by atomic mass is 19.4. The number of hydrogen-bond acceptors (Lipinski definition) is 3. The second-order valence-corrected chi connectivity index (χ2v) is 4.88. The molecule has 1 fully saturated rings. The predicted octanol–water partition coefficient (Wildman–Crippen LogP) is 2.75. The fourth-order valence-electron chi connectivity index (χ4n) is 2.40. The number of carboxylic acid groups (broad SMARTS) is 1. The number of halogens is 3. The van der Waals surface area contributed by atoms with E-state index in [9.17, 15) is 18.0 Å². The molecule has 0 aromatic heterocycles. The number of carboxylic acids is 1. The van der Waals surface area contributed by atoms with Crippen LogP contribution in [0.5, 0.6) is 0 Å². The van der Waals surface area contributed by atoms with Gasteiger partial charge in [-0.05, 0) is 31.0 Å². The van der Waals surface area contributed by atoms with Gasteiger partial charge in [0.1, 0.15) is 0 Å². The lowest BCUT2D eigenvalue weighted by atomic mass is 9.95. The molecular formula is C13H15F3N2O2. The third-order valence-corrected chi connectivity index (χ3v) is 3.58. The van der Waals surface area contributed by atoms with Gasteiger partial charge >= 0.3 is 12.1 Å². The van der Waals surface area contributed by atoms with E-state index in [0.717, 1.165) is 0 Å². The first kappa shape index (κ1) is 14.5. The number of nitrogens with zero attached hydrogens (tertiary/aromatic N) is 1. The van der Waals surface area contributed by atoms with Gasteiger partial charge in [0.05, 0.1) is 22.9 Å². The van der Waals surface area contributed by atoms with Crippen LogP contribution in [-0.4, -0.2) is 30.3 Å². The van der Waals surface area contributed by atoms with Gasteiger partial charge in [-0.3, -0.25) is 0 Å². The average Bonchev–Trinajstić information content (AvgIpc) is 2.38. The van der Waals surface area contributed by atoms with Crippen molar-refractivity contribution in [2.75, 3.05) is 23.7 Å². The van der Waals surface area contributed by atoms with Gasteiger partial charge in [0.25, 0.3) is 0 Å². The van der Waals surface area contributed by atoms with E-state index in [1.54, 1.807) is 4.90 Å². The van der Waals surface area contributed by atoms with Crippen LogP contribution in [-0.2, 0) is 0 Å². The van der Waals surface area contributed by atoms with Crippen LogP contribution >= 0.6 is 0 Å². The molecule has 0 spiro atoms. The van der Waals surface area contributed by atoms with Crippen LogP contribution in [0, 0.1) is 5.92 Å². The Labute approximate surface area is 114 Å². The molecule has 1 aliphatic heterocycles. The topological polar surface area (TPSA) is 66.6 Å². The van der Waals surface area contributed by atoms with Crippen LogP contribution < -0.4 is 10.6 Å². The minimum absolute atomic E-state index is 0.000237. The number of nitrogen functional groups attached to an aromatic ring is 1. The maximum absolute atomic E-state index is 12.6. The van der Waals surface area contributed by atoms with E-state index in [0.29, 0.717) is 11.4 Å². The molecule has 1 aromatic carbocycles. The molecule has 1 aromatic rings. The van der Waals surface area contributed by atoms with Crippen LogP contribution in [0.15, 0.2) is 18.2 Å². The number of alkyl halides is 3. The number of carbonyl (C=O) groups is 1. The van der Waals surface area contributed by atoms with Crippen molar-refractivity contribution >= 4 is 17.3 Å². The molecule has 7 heteroatoms. The summed E-state index contributed by atoms with van der Waals surface area (Å²) in [6.45, 7) is 0.439. The molecule has 0 atom stereocenters. The quantitative estimate of drug-likeness (QED) is 0.821. The molecule has 1 heterocycles. The molecule has 0 unspecified atom stereocenters. The Kier molecular flexibility index (Phi) is 3.78. The first-order valence-electron chi connectivity index (χ1n) is 6.23. The van der Waals surface area contributed by atoms with Gasteiger partial charge in [-0.2, -0.15) is 13.2 Å². The molecule has 2 rings (SSSR count). The van der Waals surface area contributed by atoms with Crippen molar-refractivity contribution in [1.29, 1.82) is 0 Å². The summed E-state index contributed by atoms with van der Waals surface area (Å²) in [7, 11) is 0. The van der Waals surface area contributed by atoms with Gasteiger partial charge in [0.15, 0.2) is 0 Å². The highest BCUT2D eigenvalue weighted by Crippen LogP contribution is 2.36. The zero-order chi connectivity index (χ0) is 14.9. The summed E-state index contributed by atoms with van der Waals surface area (Å²) < 4.78 is 37.8. The van der Waals surface area contributed by atoms with Gasteiger partial charge < -0.3 is 15.7 Å². The van der Waals surface area contributed by atoms with E-state index in [1.807, 2.05) is 0 Å². The predicted molar refractivity (Wildman–Crippen MR) is 68.8 cm³/mol. The average molecular weight is 288 g/mol. The van der Waals surface area contributed by atoms with Gasteiger partial charge in [-0.1, -0.05) is 0 Å². The van der Waals surface area contributed by atoms with Crippen LogP contribution in [0.25, 0.3) is 0 Å². The second-order valence-electron chi connectivity index (χ2n) is 4.88. The van der Waals surface area contributed by atoms with Crippen molar-refractivity contribution in [3.63, 3.8) is 0 Å². The maximum Gasteiger partial charge on any atom is 0.391 e. The summed E-state index contributed by atoms with van der Waals surface area (Å²) in [5, 5.41) is 8.94. The Morgan fingerprint density at radius 1 is 1.30 bits per heavy atom. The maximum atomic E-state index is 12.6. The summed E-state index contributed by atoms with van der Waals surface area (Å²) in [6, 6.07) is 4.25. The Morgan fingerprint density at radius 3 is 2.40 bits per heavy atom. The zero-order valence-corrected chi connectivity index (χ0v) is 10.7. The van der Waals surface area contributed by atoms with Gasteiger partial charge in [0.2, 0.25) is 0 Å². The van der Waals surface area contributed by atoms with Crippen LogP contribution in [0.1, 0.15) is 23.2 Å². The van der Waals surface area contributed by atoms with E-state index in [2.05, 4.69) is 0 Å². The smallest absolute Gasteiger partial charge is 0.391 e. The van der Waals surface area contributed by atoms with E-state index in [-0.39, 0.29) is 31.5 Å². The SMILES string of the molecule is Nc1ccc(C(=O)O)cc1N1CCC(C(F)(F)F)CC1. The number of nitrogens with two attached hydrogens (primary N) is 1. The lowest BCUT2D eigenvalue weighted by Crippen LogP contribution is -2.39. The van der Waals surface area contributed by atoms with Gasteiger partial charge in [0, 0.05) is 13.1 Å². The first-order chi connectivity index (χ1) is 9.29. The van der Waals surface area contributed by atoms with Crippen molar-refractivity contribution in [2.24, 2.45) is 5.92 Å². The van der Waals surface area contributed by atoms with Gasteiger partial charge in [-0.25, -0.2) is 4.79 Å². The summed E-state index contributed by atoms with van der Waals surface area (Å²) in [5.41, 5.74) is 6.73. The van der Waals surface area contributed by atoms with Crippen molar-refractivity contribution in [2.45, 2.75) is 19.0 Å². The number of anilines is 2. The lowest BCUT2D eigenvalue weighted by Gasteiger charge is -2.35. The minimum Gasteiger partial charge on any atom is -0.478 e. The van der Waals surface area contributed by atoms with E-state index < -0.39 is 18.1 Å². The molecule has 20 heavy (non-hydrogen) atoms. The van der Waals surface area contributed by atoms with Crippen molar-refractivity contribution in [1.82, 2.24) is 0 Å². The summed E-state index contributed by atoms with van der Waals surface area (Å²) in [5.74, 6) is -2.38. The Balaban J connectivity index is 2.14. The van der Waals surface area contributed by atoms with Gasteiger partial charge in [-0.15, -0.1) is 0 Å². The third kappa shape index (κ3) is 2.97. The molecule has 0 bridgehead atoms. The summed E-state index contributed by atoms with van der Waals surface area (Å²) in [6.07, 6.45) is -4.17. The Hall–Kier alpha value is -1.92. The third-order valence-electron chi connectivity index (χ3n) is 3.58. The fraction of sp³-hybridized carbons (Fsp3) is 0.462. The van der Waals surface area contributed by atoms with Crippen LogP contribution in [0.3, 0.4) is 0 Å². The van der Waals surface area contributed by atoms with Crippen LogP contribution in [0.4, 0.5) is 24.5 Å². The molecule has 1 saturated heterocycles. The second kappa shape index (κ2) is 5.22. The molecule has 4 nitrogen and oxygen atoms in total. The normalized spacial score (nSPS) is 17.2. The lowest BCUT2D eigenvalue weighted by molar-refractivity contribution is -0.179. The van der Waals surface area contributed by atoms with E-state index >= 15 is 0 Å². The monoisotopic (exact) mass is 288 g/mol. The minimum atomic E-state index is -4.17. The van der Waals surface area contributed by atoms with Crippen LogP contribution in [0.2, 0.25) is 0 Å². The summed E-state index contributed by atoms with van der Waals surface area (Å²) >= 11 is 0. The molecular weight excluding hydrogens is 273 g/mol. The highest BCUT2D eigenvalue weighted by Gasteiger charge is 2.41. The molecule has 110 valence electrons. The van der Waals surface area contributed by atoms with E-state index in [1.165, 1.54) is 18.2 Å². The Bertz CT molecular complexity index is 509. The van der Waals surface area contributed by atoms with Crippen molar-refractivity contribution in [3.8, 4) is 0 Å². The number of piperidine rings is 1. The molecule has 3 N–H and O–H groups in total. The Morgan fingerprint density at radius 2 is 1.90 bits per heavy atom. The largest absolute Gasteiger partial charge is 0.478 e. The number of rotatable bonds is 2. The molecule has 0 amide bonds. The number of hydrogen-bond donors (Lipinski definition) is 2.